The maximum Gasteiger partial charge on any atom is 0.0462 e. The van der Waals surface area contributed by atoms with E-state index in [9.17, 15) is 0 Å². The zero-order chi connectivity index (χ0) is 18.6. The highest BCUT2D eigenvalue weighted by molar-refractivity contribution is 5.89. The van der Waals surface area contributed by atoms with Gasteiger partial charge in [-0.1, -0.05) is 72.8 Å². The molecule has 0 saturated carbocycles. The highest BCUT2D eigenvalue weighted by atomic mass is 14.8. The first kappa shape index (κ1) is 17.1. The van der Waals surface area contributed by atoms with Crippen molar-refractivity contribution >= 4 is 11.8 Å². The average molecular weight is 349 g/mol. The van der Waals surface area contributed by atoms with Crippen LogP contribution in [0, 0.1) is 13.8 Å². The largest absolute Gasteiger partial charge is 0.361 e. The number of hydrogen-bond donors (Lipinski definition) is 1. The van der Waals surface area contributed by atoms with Gasteiger partial charge in [-0.15, -0.1) is 0 Å². The van der Waals surface area contributed by atoms with E-state index in [1.807, 2.05) is 18.4 Å². The van der Waals surface area contributed by atoms with Crippen molar-refractivity contribution in [2.24, 2.45) is 0 Å². The monoisotopic (exact) mass is 349 g/mol. The summed E-state index contributed by atoms with van der Waals surface area (Å²) in [6.45, 7) is 4.36. The molecule has 27 heavy (non-hydrogen) atoms. The van der Waals surface area contributed by atoms with Crippen LogP contribution < -0.4 is 5.32 Å². The molecule has 0 aliphatic carbocycles. The number of fused-ring (bicyclic) bond motifs is 3. The second kappa shape index (κ2) is 7.51. The van der Waals surface area contributed by atoms with Gasteiger partial charge in [0.05, 0.1) is 0 Å². The molecule has 1 N–H and O–H groups in total. The van der Waals surface area contributed by atoms with Crippen LogP contribution in [0.25, 0.3) is 28.3 Å². The molecule has 1 nitrogen and oxygen atoms in total. The molecule has 3 aromatic rings. The van der Waals surface area contributed by atoms with Gasteiger partial charge in [0, 0.05) is 17.5 Å². The summed E-state index contributed by atoms with van der Waals surface area (Å²) in [6.07, 6.45) is 12.4. The fourth-order valence-electron chi connectivity index (χ4n) is 3.58. The van der Waals surface area contributed by atoms with Crippen molar-refractivity contribution in [3.63, 3.8) is 0 Å². The minimum Gasteiger partial charge on any atom is -0.361 e. The number of rotatable bonds is 1. The van der Waals surface area contributed by atoms with E-state index in [1.165, 1.54) is 38.9 Å². The number of hydrogen-bond acceptors (Lipinski definition) is 1. The van der Waals surface area contributed by atoms with E-state index in [2.05, 4.69) is 98.1 Å². The average Bonchev–Trinajstić information content (AvgIpc) is 2.72. The summed E-state index contributed by atoms with van der Waals surface area (Å²) < 4.78 is 0. The molecule has 132 valence electrons. The van der Waals surface area contributed by atoms with E-state index < -0.39 is 0 Å². The third-order valence-electron chi connectivity index (χ3n) is 4.99. The van der Waals surface area contributed by atoms with Crippen molar-refractivity contribution in [3.8, 4) is 22.3 Å². The first-order valence-corrected chi connectivity index (χ1v) is 9.30. The minimum atomic E-state index is 1.12. The van der Waals surface area contributed by atoms with Crippen molar-refractivity contribution in [3.05, 3.63) is 108 Å². The number of aryl methyl sites for hydroxylation is 2. The Hall–Kier alpha value is -3.32. The summed E-state index contributed by atoms with van der Waals surface area (Å²) in [5.41, 5.74) is 9.91. The molecule has 0 radical (unpaired) electrons. The Bertz CT molecular complexity index is 1070. The lowest BCUT2D eigenvalue weighted by Crippen LogP contribution is -1.96. The lowest BCUT2D eigenvalue weighted by atomic mass is 9.90. The van der Waals surface area contributed by atoms with E-state index in [0.717, 1.165) is 5.69 Å². The van der Waals surface area contributed by atoms with Crippen LogP contribution in [0.1, 0.15) is 16.7 Å². The maximum atomic E-state index is 3.48. The molecule has 1 aliphatic rings. The number of anilines is 1. The highest BCUT2D eigenvalue weighted by Crippen LogP contribution is 2.38. The highest BCUT2D eigenvalue weighted by Gasteiger charge is 2.13. The molecule has 4 rings (SSSR count). The Labute approximate surface area is 161 Å². The fraction of sp³-hybridized carbons (Fsp3) is 0.0769. The van der Waals surface area contributed by atoms with Crippen molar-refractivity contribution in [2.45, 2.75) is 13.8 Å². The Kier molecular flexibility index (Phi) is 4.76. The molecule has 0 unspecified atom stereocenters. The number of nitrogens with one attached hydrogen (secondary N) is 1. The van der Waals surface area contributed by atoms with Crippen molar-refractivity contribution in [2.75, 3.05) is 5.32 Å². The molecule has 1 heteroatoms. The zero-order valence-electron chi connectivity index (χ0n) is 15.7. The molecule has 0 atom stereocenters. The van der Waals surface area contributed by atoms with Crippen LogP contribution in [0.15, 0.2) is 91.2 Å². The van der Waals surface area contributed by atoms with E-state index in [0.29, 0.717) is 0 Å². The molecular formula is C26H23N. The molecule has 0 spiro atoms. The van der Waals surface area contributed by atoms with Crippen LogP contribution in [0.4, 0.5) is 5.69 Å². The summed E-state index contributed by atoms with van der Waals surface area (Å²) in [5.74, 6) is 0. The minimum absolute atomic E-state index is 1.12. The lowest BCUT2D eigenvalue weighted by molar-refractivity contribution is 1.40. The van der Waals surface area contributed by atoms with E-state index in [4.69, 9.17) is 0 Å². The van der Waals surface area contributed by atoms with Crippen molar-refractivity contribution < 1.29 is 0 Å². The van der Waals surface area contributed by atoms with Crippen molar-refractivity contribution in [1.82, 2.24) is 0 Å². The van der Waals surface area contributed by atoms with E-state index >= 15 is 0 Å². The number of benzene rings is 3. The van der Waals surface area contributed by atoms with Gasteiger partial charge in [0.2, 0.25) is 0 Å². The topological polar surface area (TPSA) is 12.0 Å². The molecular weight excluding hydrogens is 326 g/mol. The Morgan fingerprint density at radius 1 is 0.593 bits per heavy atom. The Balaban J connectivity index is 1.99. The molecule has 3 aromatic carbocycles. The molecule has 0 bridgehead atoms. The van der Waals surface area contributed by atoms with Crippen LogP contribution in [0.2, 0.25) is 0 Å². The normalized spacial score (nSPS) is 16.2. The lowest BCUT2D eigenvalue weighted by Gasteiger charge is -2.18. The van der Waals surface area contributed by atoms with Gasteiger partial charge in [0.1, 0.15) is 0 Å². The van der Waals surface area contributed by atoms with Gasteiger partial charge in [-0.05, 0) is 65.4 Å². The van der Waals surface area contributed by atoms with Gasteiger partial charge in [-0.2, -0.15) is 0 Å². The predicted octanol–water partition coefficient (Wildman–Crippen LogP) is 7.15. The standard InChI is InChI=1S/C26H23N/c1-19-11-6-8-14-22(19)24-18-25-23-15-9-7-13-21(23)12-5-3-4-10-16-27-26(25)17-20(24)2/h3-18,27H,1-2H3/b4-3-,12-5-,16-10+. The second-order valence-corrected chi connectivity index (χ2v) is 6.86. The first-order chi connectivity index (χ1) is 13.2. The summed E-state index contributed by atoms with van der Waals surface area (Å²) in [5, 5.41) is 3.48. The molecule has 0 fully saturated rings. The Morgan fingerprint density at radius 2 is 1.33 bits per heavy atom. The van der Waals surface area contributed by atoms with Gasteiger partial charge in [0.25, 0.3) is 0 Å². The first-order valence-electron chi connectivity index (χ1n) is 9.30. The molecule has 0 saturated heterocycles. The predicted molar refractivity (Wildman–Crippen MR) is 118 cm³/mol. The summed E-state index contributed by atoms with van der Waals surface area (Å²) >= 11 is 0. The van der Waals surface area contributed by atoms with Gasteiger partial charge in [-0.25, -0.2) is 0 Å². The quantitative estimate of drug-likeness (QED) is 0.492. The summed E-state index contributed by atoms with van der Waals surface area (Å²) in [6, 6.07) is 21.7. The van der Waals surface area contributed by atoms with Gasteiger partial charge >= 0.3 is 0 Å². The van der Waals surface area contributed by atoms with Crippen molar-refractivity contribution in [1.29, 1.82) is 0 Å². The van der Waals surface area contributed by atoms with Gasteiger partial charge in [-0.3, -0.25) is 0 Å². The second-order valence-electron chi connectivity index (χ2n) is 6.86. The fourth-order valence-corrected chi connectivity index (χ4v) is 3.58. The Morgan fingerprint density at radius 3 is 2.19 bits per heavy atom. The van der Waals surface area contributed by atoms with Crippen LogP contribution in [0.5, 0.6) is 0 Å². The third-order valence-corrected chi connectivity index (χ3v) is 4.99. The molecule has 0 amide bonds. The van der Waals surface area contributed by atoms with Crippen LogP contribution in [-0.2, 0) is 0 Å². The summed E-state index contributed by atoms with van der Waals surface area (Å²) in [7, 11) is 0. The SMILES string of the molecule is Cc1ccccc1-c1cc2c(cc1C)N/C=C/C=C\C=C/c1ccccc1-2. The smallest absolute Gasteiger partial charge is 0.0462 e. The summed E-state index contributed by atoms with van der Waals surface area (Å²) in [4.78, 5) is 0. The number of allylic oxidation sites excluding steroid dienone is 4. The van der Waals surface area contributed by atoms with Gasteiger partial charge in [0.15, 0.2) is 0 Å². The van der Waals surface area contributed by atoms with E-state index in [1.54, 1.807) is 0 Å². The molecule has 0 aromatic heterocycles. The van der Waals surface area contributed by atoms with Crippen LogP contribution in [0.3, 0.4) is 0 Å². The third kappa shape index (κ3) is 3.50. The van der Waals surface area contributed by atoms with Crippen LogP contribution in [-0.4, -0.2) is 0 Å². The zero-order valence-corrected chi connectivity index (χ0v) is 15.7. The van der Waals surface area contributed by atoms with Crippen LogP contribution >= 0.6 is 0 Å². The van der Waals surface area contributed by atoms with E-state index in [-0.39, 0.29) is 0 Å². The molecule has 1 heterocycles. The molecule has 1 aliphatic heterocycles. The van der Waals surface area contributed by atoms with Gasteiger partial charge < -0.3 is 5.32 Å². The maximum absolute atomic E-state index is 3.48.